The molecule has 9 heteroatoms. The van der Waals surface area contributed by atoms with Gasteiger partial charge in [-0.05, 0) is 18.9 Å². The van der Waals surface area contributed by atoms with E-state index >= 15 is 0 Å². The van der Waals surface area contributed by atoms with E-state index in [0.29, 0.717) is 31.3 Å². The van der Waals surface area contributed by atoms with Crippen molar-refractivity contribution in [2.45, 2.75) is 25.3 Å². The molecule has 3 aromatic heterocycles. The average Bonchev–Trinajstić information content (AvgIpc) is 3.44. The van der Waals surface area contributed by atoms with Crippen LogP contribution in [-0.4, -0.2) is 55.3 Å². The molecule has 9 nitrogen and oxygen atoms in total. The van der Waals surface area contributed by atoms with Crippen LogP contribution in [0.2, 0.25) is 0 Å². The van der Waals surface area contributed by atoms with Crippen LogP contribution in [0.15, 0.2) is 35.3 Å². The van der Waals surface area contributed by atoms with Gasteiger partial charge in [0.25, 0.3) is 11.9 Å². The van der Waals surface area contributed by atoms with Crippen molar-refractivity contribution in [3.63, 3.8) is 0 Å². The van der Waals surface area contributed by atoms with Gasteiger partial charge in [-0.15, -0.1) is 10.2 Å². The van der Waals surface area contributed by atoms with E-state index in [4.69, 9.17) is 9.15 Å². The molecule has 0 spiro atoms. The number of carbonyl (C=O) groups is 1. The number of nitrogens with zero attached hydrogens (tertiary/aromatic N) is 6. The van der Waals surface area contributed by atoms with Gasteiger partial charge in [-0.2, -0.15) is 0 Å². The molecule has 3 aromatic rings. The molecule has 27 heavy (non-hydrogen) atoms. The van der Waals surface area contributed by atoms with Gasteiger partial charge in [-0.1, -0.05) is 0 Å². The van der Waals surface area contributed by atoms with Gasteiger partial charge in [0.05, 0.1) is 20.0 Å². The highest BCUT2D eigenvalue weighted by Crippen LogP contribution is 2.28. The topological polar surface area (TPSA) is 91.2 Å². The molecule has 0 unspecified atom stereocenters. The van der Waals surface area contributed by atoms with E-state index in [-0.39, 0.29) is 11.8 Å². The van der Waals surface area contributed by atoms with Crippen molar-refractivity contribution in [2.24, 2.45) is 7.05 Å². The number of ether oxygens (including phenoxy) is 1. The first-order valence-corrected chi connectivity index (χ1v) is 8.92. The van der Waals surface area contributed by atoms with Crippen LogP contribution in [0.1, 0.15) is 41.0 Å². The summed E-state index contributed by atoms with van der Waals surface area (Å²) in [5.74, 6) is 2.70. The van der Waals surface area contributed by atoms with Crippen molar-refractivity contribution in [1.82, 2.24) is 29.2 Å². The molecular formula is C18H22N6O3. The molecule has 1 saturated heterocycles. The zero-order valence-corrected chi connectivity index (χ0v) is 15.4. The van der Waals surface area contributed by atoms with Crippen LogP contribution >= 0.6 is 0 Å². The van der Waals surface area contributed by atoms with Gasteiger partial charge in [0.15, 0.2) is 11.6 Å². The highest BCUT2D eigenvalue weighted by Gasteiger charge is 2.29. The fourth-order valence-electron chi connectivity index (χ4n) is 3.45. The van der Waals surface area contributed by atoms with Crippen LogP contribution in [0.4, 0.5) is 0 Å². The van der Waals surface area contributed by atoms with Crippen molar-refractivity contribution < 1.29 is 13.9 Å². The van der Waals surface area contributed by atoms with Crippen LogP contribution in [0.25, 0.3) is 0 Å². The van der Waals surface area contributed by atoms with E-state index in [0.717, 1.165) is 24.5 Å². The maximum Gasteiger partial charge on any atom is 0.289 e. The van der Waals surface area contributed by atoms with Gasteiger partial charge in [0, 0.05) is 44.5 Å². The van der Waals surface area contributed by atoms with Gasteiger partial charge in [-0.25, -0.2) is 4.98 Å². The minimum Gasteiger partial charge on any atom is -0.468 e. The van der Waals surface area contributed by atoms with Crippen LogP contribution < -0.4 is 4.74 Å². The van der Waals surface area contributed by atoms with E-state index in [1.807, 2.05) is 22.7 Å². The van der Waals surface area contributed by atoms with Crippen molar-refractivity contribution in [3.8, 4) is 5.95 Å². The summed E-state index contributed by atoms with van der Waals surface area (Å²) in [7, 11) is 3.51. The molecule has 0 atom stereocenters. The number of hydrogen-bond donors (Lipinski definition) is 0. The third-order valence-corrected chi connectivity index (χ3v) is 5.02. The lowest BCUT2D eigenvalue weighted by Crippen LogP contribution is -2.38. The molecule has 0 aromatic carbocycles. The minimum absolute atomic E-state index is 0.101. The summed E-state index contributed by atoms with van der Waals surface area (Å²) < 4.78 is 14.4. The smallest absolute Gasteiger partial charge is 0.289 e. The molecule has 0 bridgehead atoms. The highest BCUT2D eigenvalue weighted by molar-refractivity contribution is 5.91. The monoisotopic (exact) mass is 370 g/mol. The van der Waals surface area contributed by atoms with Crippen LogP contribution in [0.5, 0.6) is 5.95 Å². The summed E-state index contributed by atoms with van der Waals surface area (Å²) in [6, 6.07) is 3.31. The summed E-state index contributed by atoms with van der Waals surface area (Å²) in [5.41, 5.74) is 0. The number of imidazole rings is 1. The number of amides is 1. The molecule has 4 heterocycles. The number of carbonyl (C=O) groups excluding carboxylic acids is 1. The molecule has 0 saturated carbocycles. The van der Waals surface area contributed by atoms with Crippen molar-refractivity contribution in [2.75, 3.05) is 20.2 Å². The maximum absolute atomic E-state index is 12.6. The number of rotatable bonds is 5. The summed E-state index contributed by atoms with van der Waals surface area (Å²) in [6.45, 7) is 1.97. The van der Waals surface area contributed by atoms with E-state index in [2.05, 4.69) is 19.7 Å². The Morgan fingerprint density at radius 2 is 2.11 bits per heavy atom. The molecule has 142 valence electrons. The highest BCUT2D eigenvalue weighted by atomic mass is 16.6. The van der Waals surface area contributed by atoms with Crippen LogP contribution in [0.3, 0.4) is 0 Å². The van der Waals surface area contributed by atoms with Crippen molar-refractivity contribution in [3.05, 3.63) is 48.3 Å². The van der Waals surface area contributed by atoms with Crippen LogP contribution in [0, 0.1) is 0 Å². The number of methoxy groups -OCH3 is 1. The van der Waals surface area contributed by atoms with Crippen molar-refractivity contribution >= 4 is 5.91 Å². The molecule has 1 amide bonds. The first-order chi connectivity index (χ1) is 13.2. The Labute approximate surface area is 156 Å². The first-order valence-electron chi connectivity index (χ1n) is 8.92. The number of piperidine rings is 1. The Morgan fingerprint density at radius 3 is 2.78 bits per heavy atom. The van der Waals surface area contributed by atoms with Crippen LogP contribution in [-0.2, 0) is 13.6 Å². The quantitative estimate of drug-likeness (QED) is 0.679. The summed E-state index contributed by atoms with van der Waals surface area (Å²) in [4.78, 5) is 18.4. The van der Waals surface area contributed by atoms with Gasteiger partial charge >= 0.3 is 0 Å². The van der Waals surface area contributed by atoms with E-state index in [9.17, 15) is 4.79 Å². The fourth-order valence-corrected chi connectivity index (χ4v) is 3.45. The Bertz CT molecular complexity index is 906. The molecule has 0 N–H and O–H groups in total. The predicted octanol–water partition coefficient (Wildman–Crippen LogP) is 1.68. The van der Waals surface area contributed by atoms with Crippen molar-refractivity contribution in [1.29, 1.82) is 0 Å². The normalized spacial score (nSPS) is 15.3. The SMILES string of the molecule is COc1ccc(C(=O)N2CCC(c3nnc(Cn4ccnc4)n3C)CC2)o1. The second kappa shape index (κ2) is 7.26. The largest absolute Gasteiger partial charge is 0.468 e. The van der Waals surface area contributed by atoms with Gasteiger partial charge < -0.3 is 23.2 Å². The number of likely N-dealkylation sites (tertiary alicyclic amines) is 1. The molecule has 1 fully saturated rings. The van der Waals surface area contributed by atoms with E-state index in [1.54, 1.807) is 24.7 Å². The minimum atomic E-state index is -0.101. The van der Waals surface area contributed by atoms with E-state index in [1.165, 1.54) is 7.11 Å². The molecule has 1 aliphatic rings. The van der Waals surface area contributed by atoms with Gasteiger partial charge in [0.1, 0.15) is 5.82 Å². The number of aromatic nitrogens is 5. The predicted molar refractivity (Wildman–Crippen MR) is 95.5 cm³/mol. The number of hydrogen-bond acceptors (Lipinski definition) is 6. The van der Waals surface area contributed by atoms with Gasteiger partial charge in [0.2, 0.25) is 0 Å². The molecule has 0 radical (unpaired) electrons. The van der Waals surface area contributed by atoms with E-state index < -0.39 is 0 Å². The third-order valence-electron chi connectivity index (χ3n) is 5.02. The standard InChI is InChI=1S/C18H22N6O3/c1-22-15(11-23-10-7-19-12-23)20-21-17(22)13-5-8-24(9-6-13)18(25)14-3-4-16(26-2)27-14/h3-4,7,10,12-13H,5-6,8-9,11H2,1-2H3. The summed E-state index contributed by atoms with van der Waals surface area (Å²) in [5, 5.41) is 8.74. The second-order valence-electron chi connectivity index (χ2n) is 6.66. The zero-order valence-electron chi connectivity index (χ0n) is 15.4. The third kappa shape index (κ3) is 3.44. The van der Waals surface area contributed by atoms with Gasteiger partial charge in [-0.3, -0.25) is 4.79 Å². The maximum atomic E-state index is 12.6. The first kappa shape index (κ1) is 17.3. The zero-order chi connectivity index (χ0) is 18.8. The summed E-state index contributed by atoms with van der Waals surface area (Å²) >= 11 is 0. The average molecular weight is 370 g/mol. The lowest BCUT2D eigenvalue weighted by molar-refractivity contribution is 0.0672. The Hall–Kier alpha value is -3.10. The Morgan fingerprint density at radius 1 is 1.30 bits per heavy atom. The second-order valence-corrected chi connectivity index (χ2v) is 6.66. The lowest BCUT2D eigenvalue weighted by atomic mass is 9.95. The molecule has 0 aliphatic carbocycles. The fraction of sp³-hybridized carbons (Fsp3) is 0.444. The Balaban J connectivity index is 1.39. The molecular weight excluding hydrogens is 348 g/mol. The molecule has 4 rings (SSSR count). The number of furan rings is 1. The lowest BCUT2D eigenvalue weighted by Gasteiger charge is -2.30. The Kier molecular flexibility index (Phi) is 4.66. The summed E-state index contributed by atoms with van der Waals surface area (Å²) in [6.07, 6.45) is 7.12. The molecule has 1 aliphatic heterocycles.